The van der Waals surface area contributed by atoms with Gasteiger partial charge in [-0.05, 0) is 49.4 Å². The molecule has 0 radical (unpaired) electrons. The quantitative estimate of drug-likeness (QED) is 0.421. The van der Waals surface area contributed by atoms with Crippen molar-refractivity contribution in [2.45, 2.75) is 13.5 Å². The van der Waals surface area contributed by atoms with Gasteiger partial charge in [0.05, 0.1) is 28.7 Å². The normalized spacial score (nSPS) is 12.6. The number of thiophene rings is 1. The maximum atomic E-state index is 14.2. The lowest BCUT2D eigenvalue weighted by atomic mass is 10.1. The molecule has 2 aromatic carbocycles. The average Bonchev–Trinajstić information content (AvgIpc) is 3.28. The van der Waals surface area contributed by atoms with Crippen molar-refractivity contribution in [1.82, 2.24) is 4.90 Å². The minimum Gasteiger partial charge on any atom is -0.472 e. The van der Waals surface area contributed by atoms with E-state index in [-0.39, 0.29) is 49.3 Å². The van der Waals surface area contributed by atoms with Crippen molar-refractivity contribution >= 4 is 52.1 Å². The third-order valence-electron chi connectivity index (χ3n) is 5.48. The van der Waals surface area contributed by atoms with Crippen molar-refractivity contribution in [3.8, 4) is 5.75 Å². The summed E-state index contributed by atoms with van der Waals surface area (Å²) in [4.78, 5) is 41.9. The summed E-state index contributed by atoms with van der Waals surface area (Å²) in [5.41, 5.74) is 1.13. The minimum atomic E-state index is -0.565. The van der Waals surface area contributed by atoms with Crippen LogP contribution in [-0.4, -0.2) is 49.6 Å². The fraction of sp³-hybridized carbons (Fsp3) is 0.240. The zero-order valence-electron chi connectivity index (χ0n) is 19.5. The van der Waals surface area contributed by atoms with Crippen LogP contribution in [0, 0.1) is 5.82 Å². The van der Waals surface area contributed by atoms with E-state index in [0.29, 0.717) is 15.6 Å². The maximum Gasteiger partial charge on any atom is 0.325 e. The lowest BCUT2D eigenvalue weighted by Crippen LogP contribution is -2.39. The highest BCUT2D eigenvalue weighted by molar-refractivity contribution is 7.16. The monoisotopic (exact) mass is 531 g/mol. The van der Waals surface area contributed by atoms with Gasteiger partial charge >= 0.3 is 5.97 Å². The predicted molar refractivity (Wildman–Crippen MR) is 135 cm³/mol. The standard InChI is InChI=1S/C25H23ClFN3O5S/c1-3-34-23(31)13-29(12-17-8-9-22(26)36-17)24(32)15-4-6-16(7-5-15)30-14-35-21-11-20(28-2)19(27)10-18(21)25(30)33/h4-11,28H,3,12-14H2,1-2H3. The molecule has 11 heteroatoms. The topological polar surface area (TPSA) is 88.2 Å². The summed E-state index contributed by atoms with van der Waals surface area (Å²) in [6.45, 7) is 1.79. The Morgan fingerprint density at radius 3 is 2.61 bits per heavy atom. The van der Waals surface area contributed by atoms with Gasteiger partial charge in [0, 0.05) is 29.2 Å². The maximum absolute atomic E-state index is 14.2. The molecule has 0 unspecified atom stereocenters. The molecule has 4 rings (SSSR count). The van der Waals surface area contributed by atoms with Crippen LogP contribution in [0.3, 0.4) is 0 Å². The second-order valence-electron chi connectivity index (χ2n) is 7.80. The molecule has 2 amide bonds. The van der Waals surface area contributed by atoms with Crippen molar-refractivity contribution in [2.75, 3.05) is 37.1 Å². The largest absolute Gasteiger partial charge is 0.472 e. The van der Waals surface area contributed by atoms with E-state index in [9.17, 15) is 18.8 Å². The molecule has 0 saturated carbocycles. The number of amides is 2. The Morgan fingerprint density at radius 1 is 1.22 bits per heavy atom. The van der Waals surface area contributed by atoms with Gasteiger partial charge in [-0.1, -0.05) is 11.6 Å². The first-order chi connectivity index (χ1) is 17.3. The number of benzene rings is 2. The van der Waals surface area contributed by atoms with Gasteiger partial charge in [0.1, 0.15) is 18.1 Å². The molecule has 1 N–H and O–H groups in total. The SMILES string of the molecule is CCOC(=O)CN(Cc1ccc(Cl)s1)C(=O)c1ccc(N2COc3cc(NC)c(F)cc3C2=O)cc1. The van der Waals surface area contributed by atoms with E-state index < -0.39 is 17.7 Å². The van der Waals surface area contributed by atoms with Crippen LogP contribution in [0.15, 0.2) is 48.5 Å². The van der Waals surface area contributed by atoms with Crippen molar-refractivity contribution < 1.29 is 28.2 Å². The number of halogens is 2. The summed E-state index contributed by atoms with van der Waals surface area (Å²) in [6, 6.07) is 12.4. The van der Waals surface area contributed by atoms with Gasteiger partial charge in [-0.25, -0.2) is 4.39 Å². The van der Waals surface area contributed by atoms with Gasteiger partial charge in [-0.2, -0.15) is 0 Å². The first kappa shape index (κ1) is 25.5. The van der Waals surface area contributed by atoms with Gasteiger partial charge < -0.3 is 19.7 Å². The number of anilines is 2. The van der Waals surface area contributed by atoms with Crippen LogP contribution < -0.4 is 15.0 Å². The number of carbonyl (C=O) groups excluding carboxylic acids is 3. The van der Waals surface area contributed by atoms with Crippen molar-refractivity contribution in [2.24, 2.45) is 0 Å². The van der Waals surface area contributed by atoms with Crippen molar-refractivity contribution in [3.63, 3.8) is 0 Å². The smallest absolute Gasteiger partial charge is 0.325 e. The summed E-state index contributed by atoms with van der Waals surface area (Å²) in [7, 11) is 1.58. The fourth-order valence-electron chi connectivity index (χ4n) is 3.71. The average molecular weight is 532 g/mol. The van der Waals surface area contributed by atoms with Crippen LogP contribution in [0.2, 0.25) is 4.34 Å². The number of esters is 1. The lowest BCUT2D eigenvalue weighted by Gasteiger charge is -2.29. The van der Waals surface area contributed by atoms with Crippen LogP contribution in [-0.2, 0) is 16.1 Å². The highest BCUT2D eigenvalue weighted by Crippen LogP contribution is 2.32. The fourth-order valence-corrected chi connectivity index (χ4v) is 4.82. The first-order valence-corrected chi connectivity index (χ1v) is 12.2. The van der Waals surface area contributed by atoms with Crippen LogP contribution in [0.1, 0.15) is 32.5 Å². The molecule has 2 heterocycles. The van der Waals surface area contributed by atoms with E-state index in [2.05, 4.69) is 5.32 Å². The van der Waals surface area contributed by atoms with Crippen LogP contribution in [0.25, 0.3) is 0 Å². The number of nitrogens with zero attached hydrogens (tertiary/aromatic N) is 2. The summed E-state index contributed by atoms with van der Waals surface area (Å²) in [6.07, 6.45) is 0. The Balaban J connectivity index is 1.53. The summed E-state index contributed by atoms with van der Waals surface area (Å²) >= 11 is 7.33. The number of carbonyl (C=O) groups is 3. The van der Waals surface area contributed by atoms with E-state index in [1.165, 1.54) is 27.2 Å². The minimum absolute atomic E-state index is 0.0674. The van der Waals surface area contributed by atoms with Gasteiger partial charge in [-0.3, -0.25) is 19.3 Å². The van der Waals surface area contributed by atoms with Crippen LogP contribution in [0.4, 0.5) is 15.8 Å². The summed E-state index contributed by atoms with van der Waals surface area (Å²) in [5, 5.41) is 2.71. The summed E-state index contributed by atoms with van der Waals surface area (Å²) < 4.78 is 25.5. The Morgan fingerprint density at radius 2 is 1.97 bits per heavy atom. The third kappa shape index (κ3) is 5.44. The van der Waals surface area contributed by atoms with E-state index in [4.69, 9.17) is 21.1 Å². The van der Waals surface area contributed by atoms with Crippen LogP contribution >= 0.6 is 22.9 Å². The molecule has 0 fully saturated rings. The molecule has 1 aliphatic heterocycles. The Kier molecular flexibility index (Phi) is 7.76. The van der Waals surface area contributed by atoms with Crippen molar-refractivity contribution in [3.05, 3.63) is 74.7 Å². The molecule has 36 heavy (non-hydrogen) atoms. The molecular weight excluding hydrogens is 509 g/mol. The Bertz CT molecular complexity index is 1300. The lowest BCUT2D eigenvalue weighted by molar-refractivity contribution is -0.143. The van der Waals surface area contributed by atoms with Gasteiger partial charge in [0.15, 0.2) is 6.73 Å². The van der Waals surface area contributed by atoms with E-state index in [1.807, 2.05) is 0 Å². The van der Waals surface area contributed by atoms with Gasteiger partial charge in [-0.15, -0.1) is 11.3 Å². The Labute approximate surface area is 216 Å². The van der Waals surface area contributed by atoms with Crippen molar-refractivity contribution in [1.29, 1.82) is 0 Å². The second kappa shape index (κ2) is 11.0. The molecule has 0 saturated heterocycles. The molecule has 0 aliphatic carbocycles. The third-order valence-corrected chi connectivity index (χ3v) is 6.69. The van der Waals surface area contributed by atoms with E-state index >= 15 is 0 Å². The molecule has 0 atom stereocenters. The molecule has 1 aliphatic rings. The molecule has 3 aromatic rings. The molecule has 0 bridgehead atoms. The Hall–Kier alpha value is -3.63. The van der Waals surface area contributed by atoms with Crippen LogP contribution in [0.5, 0.6) is 5.75 Å². The molecule has 8 nitrogen and oxygen atoms in total. The predicted octanol–water partition coefficient (Wildman–Crippen LogP) is 4.78. The highest BCUT2D eigenvalue weighted by Gasteiger charge is 2.29. The van der Waals surface area contributed by atoms with Gasteiger partial charge in [0.2, 0.25) is 0 Å². The van der Waals surface area contributed by atoms with E-state index in [1.54, 1.807) is 50.4 Å². The highest BCUT2D eigenvalue weighted by atomic mass is 35.5. The molecule has 0 spiro atoms. The number of rotatable bonds is 8. The zero-order valence-corrected chi connectivity index (χ0v) is 21.1. The first-order valence-electron chi connectivity index (χ1n) is 11.1. The number of nitrogens with one attached hydrogen (secondary N) is 1. The second-order valence-corrected chi connectivity index (χ2v) is 9.60. The number of ether oxygens (including phenoxy) is 2. The number of hydrogen-bond donors (Lipinski definition) is 1. The molecule has 1 aromatic heterocycles. The number of hydrogen-bond acceptors (Lipinski definition) is 7. The van der Waals surface area contributed by atoms with E-state index in [0.717, 1.165) is 10.9 Å². The summed E-state index contributed by atoms with van der Waals surface area (Å²) in [5.74, 6) is -1.60. The number of fused-ring (bicyclic) bond motifs is 1. The molecule has 188 valence electrons. The molecular formula is C25H23ClFN3O5S. The zero-order chi connectivity index (χ0) is 25.8. The van der Waals surface area contributed by atoms with Gasteiger partial charge in [0.25, 0.3) is 11.8 Å².